The van der Waals surface area contributed by atoms with Gasteiger partial charge in [-0.25, -0.2) is 0 Å². The Morgan fingerprint density at radius 2 is 1.72 bits per heavy atom. The lowest BCUT2D eigenvalue weighted by Crippen LogP contribution is -2.38. The summed E-state index contributed by atoms with van der Waals surface area (Å²) in [6.45, 7) is 6.40. The molecule has 8 heteroatoms. The lowest BCUT2D eigenvalue weighted by atomic mass is 10.0. The second-order valence-electron chi connectivity index (χ2n) is 9.26. The Morgan fingerprint density at radius 3 is 2.31 bits per heavy atom. The highest BCUT2D eigenvalue weighted by Gasteiger charge is 2.23. The summed E-state index contributed by atoms with van der Waals surface area (Å²) >= 11 is 0. The molecular formula is C28H30N4O4. The summed E-state index contributed by atoms with van der Waals surface area (Å²) in [7, 11) is 0. The molecule has 1 heterocycles. The van der Waals surface area contributed by atoms with Crippen LogP contribution in [0, 0.1) is 35.3 Å². The molecule has 0 unspecified atom stereocenters. The van der Waals surface area contributed by atoms with Crippen LogP contribution in [0.5, 0.6) is 11.5 Å². The summed E-state index contributed by atoms with van der Waals surface area (Å²) < 4.78 is 6.11. The topological polar surface area (TPSA) is 112 Å². The number of nitrogens with one attached hydrogen (secondary N) is 1. The Labute approximate surface area is 210 Å². The predicted molar refractivity (Wildman–Crippen MR) is 138 cm³/mol. The average molecular weight is 487 g/mol. The smallest absolute Gasteiger partial charge is 0.292 e. The molecule has 0 spiro atoms. The molecule has 0 amide bonds. The molecule has 36 heavy (non-hydrogen) atoms. The molecule has 0 aromatic heterocycles. The van der Waals surface area contributed by atoms with Crippen molar-refractivity contribution in [1.82, 2.24) is 4.90 Å². The first kappa shape index (κ1) is 25.2. The van der Waals surface area contributed by atoms with Crippen molar-refractivity contribution in [3.8, 4) is 17.6 Å². The van der Waals surface area contributed by atoms with E-state index in [0.29, 0.717) is 22.7 Å². The third-order valence-corrected chi connectivity index (χ3v) is 6.53. The summed E-state index contributed by atoms with van der Waals surface area (Å²) in [6, 6.07) is 18.5. The normalized spacial score (nSPS) is 14.3. The number of nitro groups is 1. The maximum Gasteiger partial charge on any atom is 0.292 e. The zero-order chi connectivity index (χ0) is 25.7. The van der Waals surface area contributed by atoms with Crippen LogP contribution in [-0.2, 0) is 13.2 Å². The molecule has 4 rings (SSSR count). The van der Waals surface area contributed by atoms with E-state index < -0.39 is 0 Å². The fourth-order valence-corrected chi connectivity index (χ4v) is 4.61. The van der Waals surface area contributed by atoms with Gasteiger partial charge < -0.3 is 15.2 Å². The third-order valence-electron chi connectivity index (χ3n) is 6.53. The number of nitriles is 1. The molecule has 3 aromatic rings. The minimum Gasteiger partial charge on any atom is -0.457 e. The van der Waals surface area contributed by atoms with Crippen molar-refractivity contribution in [1.29, 1.82) is 5.26 Å². The lowest BCUT2D eigenvalue weighted by molar-refractivity contribution is -0.384. The van der Waals surface area contributed by atoms with Gasteiger partial charge in [0.1, 0.15) is 17.2 Å². The Hall–Kier alpha value is -3.93. The zero-order valence-electron chi connectivity index (χ0n) is 20.5. The first-order valence-corrected chi connectivity index (χ1v) is 12.0. The average Bonchev–Trinajstić information content (AvgIpc) is 2.87. The van der Waals surface area contributed by atoms with Crippen LogP contribution in [0.4, 0.5) is 11.4 Å². The van der Waals surface area contributed by atoms with Crippen LogP contribution < -0.4 is 10.1 Å². The SMILES string of the molecule is Cc1cc(C#N)cc(C)c1Oc1ccc([N+](=O)[O-])c(NC2CCN(Cc3ccc(CO)cc3)CC2)c1. The van der Waals surface area contributed by atoms with E-state index in [9.17, 15) is 20.5 Å². The fourth-order valence-electron chi connectivity index (χ4n) is 4.61. The second-order valence-corrected chi connectivity index (χ2v) is 9.26. The van der Waals surface area contributed by atoms with Gasteiger partial charge in [0.05, 0.1) is 23.2 Å². The summed E-state index contributed by atoms with van der Waals surface area (Å²) in [5.41, 5.74) is 4.79. The van der Waals surface area contributed by atoms with E-state index in [1.807, 2.05) is 38.1 Å². The molecule has 8 nitrogen and oxygen atoms in total. The van der Waals surface area contributed by atoms with E-state index >= 15 is 0 Å². The summed E-state index contributed by atoms with van der Waals surface area (Å²) in [5, 5.41) is 33.5. The zero-order valence-corrected chi connectivity index (χ0v) is 20.5. The third kappa shape index (κ3) is 6.00. The quantitative estimate of drug-likeness (QED) is 0.322. The van der Waals surface area contributed by atoms with Crippen molar-refractivity contribution in [2.24, 2.45) is 0 Å². The number of aliphatic hydroxyl groups is 1. The van der Waals surface area contributed by atoms with Crippen LogP contribution in [0.25, 0.3) is 0 Å². The van der Waals surface area contributed by atoms with Gasteiger partial charge in [0.15, 0.2) is 0 Å². The number of benzene rings is 3. The van der Waals surface area contributed by atoms with Gasteiger partial charge in [0.2, 0.25) is 0 Å². The van der Waals surface area contributed by atoms with Crippen molar-refractivity contribution < 1.29 is 14.8 Å². The highest BCUT2D eigenvalue weighted by molar-refractivity contribution is 5.65. The van der Waals surface area contributed by atoms with E-state index in [2.05, 4.69) is 16.3 Å². The largest absolute Gasteiger partial charge is 0.457 e. The predicted octanol–water partition coefficient (Wildman–Crippen LogP) is 5.44. The van der Waals surface area contributed by atoms with Crippen molar-refractivity contribution in [3.05, 3.63) is 92.5 Å². The monoisotopic (exact) mass is 486 g/mol. The van der Waals surface area contributed by atoms with Crippen LogP contribution in [0.2, 0.25) is 0 Å². The Morgan fingerprint density at radius 1 is 1.08 bits per heavy atom. The first-order chi connectivity index (χ1) is 17.4. The number of rotatable bonds is 8. The molecule has 186 valence electrons. The molecule has 3 aromatic carbocycles. The van der Waals surface area contributed by atoms with Gasteiger partial charge in [-0.05, 0) is 67.1 Å². The van der Waals surface area contributed by atoms with Gasteiger partial charge in [0.25, 0.3) is 5.69 Å². The summed E-state index contributed by atoms with van der Waals surface area (Å²) in [6.07, 6.45) is 1.73. The molecular weight excluding hydrogens is 456 g/mol. The Bertz CT molecular complexity index is 1250. The minimum atomic E-state index is -0.379. The standard InChI is InChI=1S/C28H30N4O4/c1-19-13-23(16-29)14-20(2)28(19)36-25-7-8-27(32(34)35)26(15-25)30-24-9-11-31(12-10-24)17-21-3-5-22(18-33)6-4-21/h3-8,13-15,24,30,33H,9-12,17-18H2,1-2H3. The fraction of sp³-hybridized carbons (Fsp3) is 0.321. The van der Waals surface area contributed by atoms with E-state index in [1.165, 1.54) is 11.6 Å². The molecule has 0 aliphatic carbocycles. The van der Waals surface area contributed by atoms with Gasteiger partial charge in [-0.3, -0.25) is 15.0 Å². The number of ether oxygens (including phenoxy) is 1. The first-order valence-electron chi connectivity index (χ1n) is 12.0. The van der Waals surface area contributed by atoms with Gasteiger partial charge >= 0.3 is 0 Å². The van der Waals surface area contributed by atoms with Gasteiger partial charge in [-0.15, -0.1) is 0 Å². The van der Waals surface area contributed by atoms with Gasteiger partial charge in [0, 0.05) is 37.8 Å². The number of piperidine rings is 1. The maximum atomic E-state index is 11.7. The Kier molecular flexibility index (Phi) is 7.84. The number of nitro benzene ring substituents is 1. The molecule has 1 aliphatic heterocycles. The van der Waals surface area contributed by atoms with Crippen LogP contribution in [0.3, 0.4) is 0 Å². The molecule has 1 saturated heterocycles. The lowest BCUT2D eigenvalue weighted by Gasteiger charge is -2.32. The van der Waals surface area contributed by atoms with Gasteiger partial charge in [-0.1, -0.05) is 24.3 Å². The van der Waals surface area contributed by atoms with Crippen molar-refractivity contribution >= 4 is 11.4 Å². The summed E-state index contributed by atoms with van der Waals surface area (Å²) in [5.74, 6) is 1.15. The number of aryl methyl sites for hydroxylation is 2. The van der Waals surface area contributed by atoms with E-state index in [4.69, 9.17) is 4.74 Å². The van der Waals surface area contributed by atoms with Crippen molar-refractivity contribution in [2.45, 2.75) is 45.9 Å². The number of hydrogen-bond acceptors (Lipinski definition) is 7. The van der Waals surface area contributed by atoms with Gasteiger partial charge in [-0.2, -0.15) is 5.26 Å². The van der Waals surface area contributed by atoms with E-state index in [-0.39, 0.29) is 23.3 Å². The number of nitrogens with zero attached hydrogens (tertiary/aromatic N) is 3. The van der Waals surface area contributed by atoms with Crippen molar-refractivity contribution in [3.63, 3.8) is 0 Å². The molecule has 1 fully saturated rings. The number of likely N-dealkylation sites (tertiary alicyclic amines) is 1. The molecule has 0 saturated carbocycles. The molecule has 0 bridgehead atoms. The molecule has 1 aliphatic rings. The Balaban J connectivity index is 1.43. The van der Waals surface area contributed by atoms with Crippen LogP contribution in [0.1, 0.15) is 40.7 Å². The van der Waals surface area contributed by atoms with Crippen LogP contribution >= 0.6 is 0 Å². The molecule has 0 radical (unpaired) electrons. The molecule has 0 atom stereocenters. The number of aliphatic hydroxyl groups excluding tert-OH is 1. The second kappa shape index (κ2) is 11.2. The minimum absolute atomic E-state index is 0.0158. The highest BCUT2D eigenvalue weighted by atomic mass is 16.6. The number of hydrogen-bond donors (Lipinski definition) is 2. The van der Waals surface area contributed by atoms with E-state index in [0.717, 1.165) is 49.2 Å². The highest BCUT2D eigenvalue weighted by Crippen LogP contribution is 2.35. The summed E-state index contributed by atoms with van der Waals surface area (Å²) in [4.78, 5) is 13.7. The number of anilines is 1. The van der Waals surface area contributed by atoms with E-state index in [1.54, 1.807) is 24.3 Å². The molecule has 2 N–H and O–H groups in total. The maximum absolute atomic E-state index is 11.7. The van der Waals surface area contributed by atoms with Crippen LogP contribution in [0.15, 0.2) is 54.6 Å². The van der Waals surface area contributed by atoms with Crippen LogP contribution in [-0.4, -0.2) is 34.1 Å². The van der Waals surface area contributed by atoms with Crippen molar-refractivity contribution in [2.75, 3.05) is 18.4 Å².